The number of rotatable bonds is 8. The SMILES string of the molecule is COc1ccccc1C(=O)NCCC(=O)OCC(=O)c1ccc2c(c1)OCO2. The van der Waals surface area contributed by atoms with Crippen LogP contribution in [0, 0.1) is 0 Å². The van der Waals surface area contributed by atoms with Gasteiger partial charge >= 0.3 is 5.97 Å². The van der Waals surface area contributed by atoms with Gasteiger partial charge in [-0.3, -0.25) is 14.4 Å². The summed E-state index contributed by atoms with van der Waals surface area (Å²) in [4.78, 5) is 36.1. The Morgan fingerprint density at radius 1 is 1.07 bits per heavy atom. The predicted octanol–water partition coefficient (Wildman–Crippen LogP) is 1.97. The van der Waals surface area contributed by atoms with Gasteiger partial charge < -0.3 is 24.3 Å². The van der Waals surface area contributed by atoms with E-state index in [0.29, 0.717) is 28.4 Å². The smallest absolute Gasteiger partial charge is 0.308 e. The maximum atomic E-state index is 12.1. The second kappa shape index (κ2) is 8.90. The number of benzene rings is 2. The standard InChI is InChI=1S/C20H19NO7/c1-25-16-5-3-2-4-14(16)20(24)21-9-8-19(23)26-11-15(22)13-6-7-17-18(10-13)28-12-27-17/h2-7,10H,8-9,11-12H2,1H3,(H,21,24). The number of hydrogen-bond donors (Lipinski definition) is 1. The maximum absolute atomic E-state index is 12.1. The molecule has 0 spiro atoms. The zero-order valence-electron chi connectivity index (χ0n) is 15.2. The third-order valence-corrected chi connectivity index (χ3v) is 4.03. The minimum atomic E-state index is -0.588. The van der Waals surface area contributed by atoms with E-state index in [1.54, 1.807) is 42.5 Å². The largest absolute Gasteiger partial charge is 0.496 e. The molecule has 1 amide bonds. The number of carbonyl (C=O) groups is 3. The van der Waals surface area contributed by atoms with Crippen LogP contribution < -0.4 is 19.5 Å². The van der Waals surface area contributed by atoms with Gasteiger partial charge in [0.15, 0.2) is 23.9 Å². The van der Waals surface area contributed by atoms with Crippen LogP contribution in [0.1, 0.15) is 27.1 Å². The lowest BCUT2D eigenvalue weighted by Gasteiger charge is -2.09. The number of fused-ring (bicyclic) bond motifs is 1. The minimum absolute atomic E-state index is 0.0602. The van der Waals surface area contributed by atoms with Crippen molar-refractivity contribution in [2.75, 3.05) is 27.1 Å². The Labute approximate surface area is 161 Å². The molecule has 0 saturated carbocycles. The van der Waals surface area contributed by atoms with Crippen molar-refractivity contribution in [1.82, 2.24) is 5.32 Å². The Morgan fingerprint density at radius 2 is 1.86 bits per heavy atom. The van der Waals surface area contributed by atoms with Gasteiger partial charge in [0.2, 0.25) is 6.79 Å². The van der Waals surface area contributed by atoms with E-state index < -0.39 is 5.97 Å². The van der Waals surface area contributed by atoms with E-state index >= 15 is 0 Å². The number of amides is 1. The first-order valence-electron chi connectivity index (χ1n) is 8.58. The molecule has 1 aliphatic heterocycles. The summed E-state index contributed by atoms with van der Waals surface area (Å²) >= 11 is 0. The van der Waals surface area contributed by atoms with Crippen molar-refractivity contribution >= 4 is 17.7 Å². The van der Waals surface area contributed by atoms with Crippen molar-refractivity contribution in [1.29, 1.82) is 0 Å². The summed E-state index contributed by atoms with van der Waals surface area (Å²) in [6, 6.07) is 11.5. The van der Waals surface area contributed by atoms with E-state index in [1.165, 1.54) is 7.11 Å². The van der Waals surface area contributed by atoms with Crippen molar-refractivity contribution in [2.24, 2.45) is 0 Å². The average Bonchev–Trinajstić information content (AvgIpc) is 3.19. The molecule has 0 aliphatic carbocycles. The number of nitrogens with one attached hydrogen (secondary N) is 1. The van der Waals surface area contributed by atoms with Crippen LogP contribution in [0.5, 0.6) is 17.2 Å². The van der Waals surface area contributed by atoms with Crippen LogP contribution in [-0.4, -0.2) is 44.7 Å². The molecule has 2 aromatic rings. The van der Waals surface area contributed by atoms with Gasteiger partial charge in [0.1, 0.15) is 5.75 Å². The summed E-state index contributed by atoms with van der Waals surface area (Å²) in [5.41, 5.74) is 0.734. The fourth-order valence-corrected chi connectivity index (χ4v) is 2.58. The van der Waals surface area contributed by atoms with Gasteiger partial charge in [-0.2, -0.15) is 0 Å². The Bertz CT molecular complexity index is 894. The number of carbonyl (C=O) groups excluding carboxylic acids is 3. The Kier molecular flexibility index (Phi) is 6.11. The van der Waals surface area contributed by atoms with Crippen LogP contribution in [0.15, 0.2) is 42.5 Å². The van der Waals surface area contributed by atoms with Crippen molar-refractivity contribution in [3.8, 4) is 17.2 Å². The van der Waals surface area contributed by atoms with Crippen molar-refractivity contribution < 1.29 is 33.3 Å². The fraction of sp³-hybridized carbons (Fsp3) is 0.250. The maximum Gasteiger partial charge on any atom is 0.308 e. The second-order valence-electron chi connectivity index (χ2n) is 5.86. The highest BCUT2D eigenvalue weighted by atomic mass is 16.7. The molecule has 0 bridgehead atoms. The summed E-state index contributed by atoms with van der Waals surface area (Å²) in [6.07, 6.45) is -0.0602. The van der Waals surface area contributed by atoms with Crippen molar-refractivity contribution in [3.05, 3.63) is 53.6 Å². The van der Waals surface area contributed by atoms with E-state index in [-0.39, 0.29) is 38.1 Å². The molecule has 1 N–H and O–H groups in total. The molecule has 28 heavy (non-hydrogen) atoms. The Balaban J connectivity index is 1.42. The lowest BCUT2D eigenvalue weighted by atomic mass is 10.1. The van der Waals surface area contributed by atoms with E-state index in [0.717, 1.165) is 0 Å². The molecule has 1 heterocycles. The van der Waals surface area contributed by atoms with Crippen LogP contribution in [0.2, 0.25) is 0 Å². The van der Waals surface area contributed by atoms with Gasteiger partial charge in [0.25, 0.3) is 5.91 Å². The molecule has 0 atom stereocenters. The van der Waals surface area contributed by atoms with E-state index in [4.69, 9.17) is 18.9 Å². The zero-order valence-corrected chi connectivity index (χ0v) is 15.2. The number of methoxy groups -OCH3 is 1. The molecule has 8 heteroatoms. The molecule has 3 rings (SSSR count). The topological polar surface area (TPSA) is 100 Å². The molecule has 2 aromatic carbocycles. The summed E-state index contributed by atoms with van der Waals surface area (Å²) in [5, 5.41) is 2.62. The van der Waals surface area contributed by atoms with E-state index in [2.05, 4.69) is 5.32 Å². The first-order valence-corrected chi connectivity index (χ1v) is 8.58. The zero-order chi connectivity index (χ0) is 19.9. The molecule has 0 saturated heterocycles. The summed E-state index contributed by atoms with van der Waals surface area (Å²) < 4.78 is 20.5. The first-order chi connectivity index (χ1) is 13.6. The number of para-hydroxylation sites is 1. The molecule has 8 nitrogen and oxygen atoms in total. The highest BCUT2D eigenvalue weighted by Crippen LogP contribution is 2.32. The predicted molar refractivity (Wildman–Crippen MR) is 97.8 cm³/mol. The quantitative estimate of drug-likeness (QED) is 0.548. The van der Waals surface area contributed by atoms with Crippen LogP contribution in [-0.2, 0) is 9.53 Å². The van der Waals surface area contributed by atoms with E-state index in [1.807, 2.05) is 0 Å². The molecule has 0 radical (unpaired) electrons. The lowest BCUT2D eigenvalue weighted by Crippen LogP contribution is -2.27. The van der Waals surface area contributed by atoms with Gasteiger partial charge in [0.05, 0.1) is 19.1 Å². The van der Waals surface area contributed by atoms with Crippen LogP contribution >= 0.6 is 0 Å². The molecule has 0 aromatic heterocycles. The Hall–Kier alpha value is -3.55. The van der Waals surface area contributed by atoms with Crippen LogP contribution in [0.4, 0.5) is 0 Å². The normalized spacial score (nSPS) is 11.6. The molecule has 0 fully saturated rings. The monoisotopic (exact) mass is 385 g/mol. The molecular weight excluding hydrogens is 366 g/mol. The number of ether oxygens (including phenoxy) is 4. The molecule has 0 unspecified atom stereocenters. The molecule has 1 aliphatic rings. The van der Waals surface area contributed by atoms with Gasteiger partial charge in [-0.1, -0.05) is 12.1 Å². The number of ketones is 1. The summed E-state index contributed by atoms with van der Waals surface area (Å²) in [7, 11) is 1.47. The van der Waals surface area contributed by atoms with Gasteiger partial charge in [-0.05, 0) is 30.3 Å². The van der Waals surface area contributed by atoms with Crippen LogP contribution in [0.25, 0.3) is 0 Å². The summed E-state index contributed by atoms with van der Waals surface area (Å²) in [6.45, 7) is -0.199. The van der Waals surface area contributed by atoms with Crippen molar-refractivity contribution in [2.45, 2.75) is 6.42 Å². The summed E-state index contributed by atoms with van der Waals surface area (Å²) in [5.74, 6) is 0.188. The Morgan fingerprint density at radius 3 is 2.68 bits per heavy atom. The number of esters is 1. The first kappa shape index (κ1) is 19.2. The second-order valence-corrected chi connectivity index (χ2v) is 5.86. The fourth-order valence-electron chi connectivity index (χ4n) is 2.58. The number of hydrogen-bond acceptors (Lipinski definition) is 7. The van der Waals surface area contributed by atoms with Gasteiger partial charge in [0, 0.05) is 12.1 Å². The number of Topliss-reactive ketones (excluding diaryl/α,β-unsaturated/α-hetero) is 1. The third kappa shape index (κ3) is 4.59. The highest BCUT2D eigenvalue weighted by Gasteiger charge is 2.17. The average molecular weight is 385 g/mol. The van der Waals surface area contributed by atoms with Crippen LogP contribution in [0.3, 0.4) is 0 Å². The van der Waals surface area contributed by atoms with Gasteiger partial charge in [-0.25, -0.2) is 0 Å². The minimum Gasteiger partial charge on any atom is -0.496 e. The molecule has 146 valence electrons. The van der Waals surface area contributed by atoms with E-state index in [9.17, 15) is 14.4 Å². The lowest BCUT2D eigenvalue weighted by molar-refractivity contribution is -0.142. The third-order valence-electron chi connectivity index (χ3n) is 4.03. The highest BCUT2D eigenvalue weighted by molar-refractivity contribution is 5.99. The molecular formula is C20H19NO7. The van der Waals surface area contributed by atoms with Gasteiger partial charge in [-0.15, -0.1) is 0 Å². The van der Waals surface area contributed by atoms with Crippen molar-refractivity contribution in [3.63, 3.8) is 0 Å².